The van der Waals surface area contributed by atoms with Gasteiger partial charge in [-0.05, 0) is 54.0 Å². The van der Waals surface area contributed by atoms with Gasteiger partial charge >= 0.3 is 5.97 Å². The van der Waals surface area contributed by atoms with Gasteiger partial charge in [0.05, 0.1) is 12.5 Å². The largest absolute Gasteiger partial charge is 0.497 e. The van der Waals surface area contributed by atoms with Crippen molar-refractivity contribution in [1.29, 1.82) is 0 Å². The number of ether oxygens (including phenoxy) is 2. The number of hydrogen-bond acceptors (Lipinski definition) is 4. The van der Waals surface area contributed by atoms with E-state index in [1.165, 1.54) is 0 Å². The van der Waals surface area contributed by atoms with Crippen molar-refractivity contribution >= 4 is 11.7 Å². The Morgan fingerprint density at radius 3 is 1.81 bits per heavy atom. The third kappa shape index (κ3) is 4.16. The molecule has 4 aromatic rings. The molecule has 1 aliphatic rings. The number of carbonyl (C=O) groups excluding carboxylic acids is 1. The van der Waals surface area contributed by atoms with Crippen LogP contribution in [-0.4, -0.2) is 19.6 Å². The summed E-state index contributed by atoms with van der Waals surface area (Å²) in [5.74, 6) is 0.422. The number of hydrogen-bond donors (Lipinski definition) is 0. The molecule has 4 aromatic carbocycles. The highest BCUT2D eigenvalue weighted by Gasteiger charge is 2.49. The first-order valence-electron chi connectivity index (χ1n) is 12.2. The van der Waals surface area contributed by atoms with Gasteiger partial charge in [0.1, 0.15) is 17.6 Å². The van der Waals surface area contributed by atoms with Crippen LogP contribution in [-0.2, 0) is 14.9 Å². The average Bonchev–Trinajstić information content (AvgIpc) is 2.96. The van der Waals surface area contributed by atoms with Crippen LogP contribution in [0.3, 0.4) is 0 Å². The summed E-state index contributed by atoms with van der Waals surface area (Å²) in [5.41, 5.74) is 3.74. The lowest BCUT2D eigenvalue weighted by molar-refractivity contribution is -0.149. The van der Waals surface area contributed by atoms with Crippen molar-refractivity contribution in [3.8, 4) is 5.75 Å². The van der Waals surface area contributed by atoms with Crippen LogP contribution in [0, 0.1) is 0 Å². The van der Waals surface area contributed by atoms with Crippen LogP contribution < -0.4 is 9.64 Å². The van der Waals surface area contributed by atoms with Gasteiger partial charge in [-0.2, -0.15) is 0 Å². The van der Waals surface area contributed by atoms with Crippen molar-refractivity contribution in [2.45, 2.75) is 18.4 Å². The van der Waals surface area contributed by atoms with E-state index in [9.17, 15) is 4.79 Å². The van der Waals surface area contributed by atoms with Crippen LogP contribution in [0.1, 0.15) is 29.7 Å². The summed E-state index contributed by atoms with van der Waals surface area (Å²) in [5, 5.41) is 0. The average molecular weight is 476 g/mol. The summed E-state index contributed by atoms with van der Waals surface area (Å²) in [4.78, 5) is 15.7. The van der Waals surface area contributed by atoms with Crippen LogP contribution in [0.25, 0.3) is 0 Å². The molecule has 0 saturated heterocycles. The van der Waals surface area contributed by atoms with E-state index < -0.39 is 11.5 Å². The second kappa shape index (κ2) is 10.1. The highest BCUT2D eigenvalue weighted by Crippen LogP contribution is 2.50. The number of methoxy groups -OCH3 is 1. The first-order valence-corrected chi connectivity index (χ1v) is 12.2. The zero-order chi connectivity index (χ0) is 25.0. The lowest BCUT2D eigenvalue weighted by atomic mass is 9.67. The monoisotopic (exact) mass is 475 g/mol. The van der Waals surface area contributed by atoms with E-state index in [-0.39, 0.29) is 5.97 Å². The fourth-order valence-electron chi connectivity index (χ4n) is 5.08. The molecular weight excluding hydrogens is 446 g/mol. The van der Waals surface area contributed by atoms with Crippen molar-refractivity contribution in [3.63, 3.8) is 0 Å². The van der Waals surface area contributed by atoms with Crippen molar-refractivity contribution in [2.24, 2.45) is 0 Å². The molecule has 0 aliphatic carbocycles. The fraction of sp³-hybridized carbons (Fsp3) is 0.156. The smallest absolute Gasteiger partial charge is 0.355 e. The predicted molar refractivity (Wildman–Crippen MR) is 143 cm³/mol. The second-order valence-corrected chi connectivity index (χ2v) is 8.77. The van der Waals surface area contributed by atoms with E-state index in [0.29, 0.717) is 12.2 Å². The zero-order valence-electron chi connectivity index (χ0n) is 20.5. The molecule has 0 amide bonds. The number of nitrogens with zero attached hydrogens (tertiary/aromatic N) is 1. The van der Waals surface area contributed by atoms with E-state index in [1.54, 1.807) is 7.11 Å². The molecule has 0 fully saturated rings. The SMILES string of the molecule is CCN(C1=CC(c2ccccc2)(c2ccccc2)C(c2ccccc2)OC1=O)c1ccc(OC)cc1. The standard InChI is InChI=1S/C32H29NO3/c1-3-33(27-19-21-28(35-2)22-20-27)29-23-32(25-15-9-5-10-16-25,26-17-11-6-12-18-26)30(36-31(29)34)24-13-7-4-8-14-24/h4-23,30H,3H2,1-2H3. The van der Waals surface area contributed by atoms with Gasteiger partial charge in [0.2, 0.25) is 0 Å². The summed E-state index contributed by atoms with van der Waals surface area (Å²) in [6, 6.07) is 38.3. The molecule has 1 aliphatic heterocycles. The maximum absolute atomic E-state index is 13.7. The first-order chi connectivity index (χ1) is 17.7. The maximum Gasteiger partial charge on any atom is 0.355 e. The van der Waals surface area contributed by atoms with Gasteiger partial charge in [-0.1, -0.05) is 91.0 Å². The summed E-state index contributed by atoms with van der Waals surface area (Å²) >= 11 is 0. The molecule has 0 saturated carbocycles. The minimum Gasteiger partial charge on any atom is -0.497 e. The number of carbonyl (C=O) groups is 1. The van der Waals surface area contributed by atoms with E-state index >= 15 is 0 Å². The lowest BCUT2D eigenvalue weighted by Crippen LogP contribution is -2.44. The molecule has 0 spiro atoms. The number of esters is 1. The highest BCUT2D eigenvalue weighted by molar-refractivity contribution is 5.95. The van der Waals surface area contributed by atoms with Gasteiger partial charge in [0.15, 0.2) is 0 Å². The summed E-state index contributed by atoms with van der Waals surface area (Å²) in [6.45, 7) is 2.64. The normalized spacial score (nSPS) is 16.6. The Morgan fingerprint density at radius 2 is 1.31 bits per heavy atom. The fourth-order valence-corrected chi connectivity index (χ4v) is 5.08. The van der Waals surface area contributed by atoms with Crippen LogP contribution in [0.4, 0.5) is 5.69 Å². The van der Waals surface area contributed by atoms with E-state index in [0.717, 1.165) is 28.1 Å². The van der Waals surface area contributed by atoms with Crippen LogP contribution >= 0.6 is 0 Å². The van der Waals surface area contributed by atoms with Crippen molar-refractivity contribution in [1.82, 2.24) is 0 Å². The molecule has 180 valence electrons. The van der Waals surface area contributed by atoms with Gasteiger partial charge in [0, 0.05) is 12.2 Å². The molecule has 1 unspecified atom stereocenters. The van der Waals surface area contributed by atoms with E-state index in [4.69, 9.17) is 9.47 Å². The minimum absolute atomic E-state index is 0.344. The quantitative estimate of drug-likeness (QED) is 0.279. The first kappa shape index (κ1) is 23.4. The molecule has 5 rings (SSSR count). The number of rotatable bonds is 7. The Bertz CT molecular complexity index is 1290. The van der Waals surface area contributed by atoms with Gasteiger partial charge in [-0.3, -0.25) is 0 Å². The molecule has 36 heavy (non-hydrogen) atoms. The Hall–Kier alpha value is -4.31. The molecule has 4 nitrogen and oxygen atoms in total. The Balaban J connectivity index is 1.77. The van der Waals surface area contributed by atoms with E-state index in [1.807, 2.05) is 103 Å². The third-order valence-electron chi connectivity index (χ3n) is 6.81. The van der Waals surface area contributed by atoms with Gasteiger partial charge in [-0.15, -0.1) is 0 Å². The number of cyclic esters (lactones) is 1. The van der Waals surface area contributed by atoms with Gasteiger partial charge in [0.25, 0.3) is 0 Å². The molecule has 0 bridgehead atoms. The van der Waals surface area contributed by atoms with Crippen LogP contribution in [0.5, 0.6) is 5.75 Å². The Kier molecular flexibility index (Phi) is 6.59. The molecule has 0 aromatic heterocycles. The van der Waals surface area contributed by atoms with Gasteiger partial charge in [-0.25, -0.2) is 4.79 Å². The summed E-state index contributed by atoms with van der Waals surface area (Å²) in [6.07, 6.45) is 1.57. The maximum atomic E-state index is 13.7. The molecule has 1 heterocycles. The lowest BCUT2D eigenvalue weighted by Gasteiger charge is -2.44. The molecular formula is C32H29NO3. The van der Waals surface area contributed by atoms with Crippen molar-refractivity contribution in [3.05, 3.63) is 144 Å². The second-order valence-electron chi connectivity index (χ2n) is 8.77. The topological polar surface area (TPSA) is 38.8 Å². The van der Waals surface area contributed by atoms with Crippen LogP contribution in [0.15, 0.2) is 127 Å². The molecule has 4 heteroatoms. The van der Waals surface area contributed by atoms with Gasteiger partial charge < -0.3 is 14.4 Å². The Labute approximate surface area is 212 Å². The summed E-state index contributed by atoms with van der Waals surface area (Å²) < 4.78 is 11.7. The number of anilines is 1. The number of benzene rings is 4. The molecule has 1 atom stereocenters. The highest BCUT2D eigenvalue weighted by atomic mass is 16.5. The third-order valence-corrected chi connectivity index (χ3v) is 6.81. The predicted octanol–water partition coefficient (Wildman–Crippen LogP) is 6.69. The minimum atomic E-state index is -0.729. The Morgan fingerprint density at radius 1 is 0.778 bits per heavy atom. The van der Waals surface area contributed by atoms with Crippen LogP contribution in [0.2, 0.25) is 0 Å². The zero-order valence-corrected chi connectivity index (χ0v) is 20.5. The summed E-state index contributed by atoms with van der Waals surface area (Å²) in [7, 11) is 1.64. The van der Waals surface area contributed by atoms with Crippen molar-refractivity contribution in [2.75, 3.05) is 18.6 Å². The number of likely N-dealkylation sites (N-methyl/N-ethyl adjacent to an activating group) is 1. The molecule has 0 N–H and O–H groups in total. The molecule has 0 radical (unpaired) electrons. The van der Waals surface area contributed by atoms with Crippen molar-refractivity contribution < 1.29 is 14.3 Å². The van der Waals surface area contributed by atoms with E-state index in [2.05, 4.69) is 30.3 Å².